The van der Waals surface area contributed by atoms with Gasteiger partial charge in [-0.3, -0.25) is 9.59 Å². The second-order valence-corrected chi connectivity index (χ2v) is 5.61. The molecule has 0 fully saturated rings. The van der Waals surface area contributed by atoms with E-state index in [0.717, 1.165) is 5.56 Å². The molecule has 0 aliphatic heterocycles. The van der Waals surface area contributed by atoms with Gasteiger partial charge in [0.15, 0.2) is 11.5 Å². The van der Waals surface area contributed by atoms with Gasteiger partial charge in [0.25, 0.3) is 5.91 Å². The van der Waals surface area contributed by atoms with Gasteiger partial charge in [0.1, 0.15) is 11.8 Å². The molecule has 2 aromatic carbocycles. The van der Waals surface area contributed by atoms with Crippen LogP contribution in [-0.4, -0.2) is 39.7 Å². The first-order valence-electron chi connectivity index (χ1n) is 7.75. The molecular formula is C18H20N2O5. The van der Waals surface area contributed by atoms with Gasteiger partial charge in [-0.25, -0.2) is 0 Å². The predicted octanol–water partition coefficient (Wildman–Crippen LogP) is 1.28. The van der Waals surface area contributed by atoms with Crippen LogP contribution in [0.4, 0.5) is 0 Å². The van der Waals surface area contributed by atoms with E-state index >= 15 is 0 Å². The lowest BCUT2D eigenvalue weighted by atomic mass is 10.1. The average molecular weight is 344 g/mol. The maximum atomic E-state index is 12.0. The standard InChI is InChI=1S/C18H20N2O5/c1-11(20-18(25)13-3-5-14(21)6-4-13)17(24)19-9-8-12-2-7-15(22)16(23)10-12/h2-7,10-11,21-23H,8-9H2,1H3,(H,19,24)(H,20,25)/t11-/m0/s1. The maximum Gasteiger partial charge on any atom is 0.251 e. The summed E-state index contributed by atoms with van der Waals surface area (Å²) < 4.78 is 0. The molecule has 0 spiro atoms. The van der Waals surface area contributed by atoms with Crippen LogP contribution in [-0.2, 0) is 11.2 Å². The lowest BCUT2D eigenvalue weighted by Gasteiger charge is -2.14. The van der Waals surface area contributed by atoms with Crippen molar-refractivity contribution in [3.63, 3.8) is 0 Å². The molecule has 7 heteroatoms. The number of carbonyl (C=O) groups is 2. The fourth-order valence-electron chi connectivity index (χ4n) is 2.17. The summed E-state index contributed by atoms with van der Waals surface area (Å²) in [5.74, 6) is -1.10. The number of carbonyl (C=O) groups excluding carboxylic acids is 2. The molecule has 0 radical (unpaired) electrons. The Morgan fingerprint density at radius 3 is 2.32 bits per heavy atom. The number of phenols is 3. The second-order valence-electron chi connectivity index (χ2n) is 5.61. The summed E-state index contributed by atoms with van der Waals surface area (Å²) in [5, 5.41) is 33.1. The molecule has 0 aliphatic carbocycles. The van der Waals surface area contributed by atoms with Gasteiger partial charge in [-0.1, -0.05) is 6.07 Å². The first kappa shape index (κ1) is 18.1. The second kappa shape index (κ2) is 8.05. The molecule has 0 saturated carbocycles. The van der Waals surface area contributed by atoms with Crippen LogP contribution in [0.3, 0.4) is 0 Å². The summed E-state index contributed by atoms with van der Waals surface area (Å²) in [5.41, 5.74) is 1.11. The van der Waals surface area contributed by atoms with E-state index in [2.05, 4.69) is 10.6 Å². The molecule has 132 valence electrons. The van der Waals surface area contributed by atoms with E-state index in [9.17, 15) is 24.9 Å². The Morgan fingerprint density at radius 1 is 1.00 bits per heavy atom. The fourth-order valence-corrected chi connectivity index (χ4v) is 2.17. The molecule has 1 atom stereocenters. The Morgan fingerprint density at radius 2 is 1.68 bits per heavy atom. The molecular weight excluding hydrogens is 324 g/mol. The van der Waals surface area contributed by atoms with Gasteiger partial charge in [0.2, 0.25) is 5.91 Å². The van der Waals surface area contributed by atoms with Crippen LogP contribution in [0.2, 0.25) is 0 Å². The molecule has 0 heterocycles. The molecule has 2 aromatic rings. The highest BCUT2D eigenvalue weighted by molar-refractivity contribution is 5.97. The Bertz CT molecular complexity index is 759. The van der Waals surface area contributed by atoms with Crippen LogP contribution in [0.25, 0.3) is 0 Å². The topological polar surface area (TPSA) is 119 Å². The van der Waals surface area contributed by atoms with E-state index in [1.54, 1.807) is 13.0 Å². The summed E-state index contributed by atoms with van der Waals surface area (Å²) in [7, 11) is 0. The van der Waals surface area contributed by atoms with E-state index in [4.69, 9.17) is 0 Å². The van der Waals surface area contributed by atoms with Gasteiger partial charge in [-0.15, -0.1) is 0 Å². The van der Waals surface area contributed by atoms with E-state index in [1.807, 2.05) is 0 Å². The Hall–Kier alpha value is -3.22. The van der Waals surface area contributed by atoms with Crippen molar-refractivity contribution in [3.05, 3.63) is 53.6 Å². The molecule has 0 bridgehead atoms. The minimum Gasteiger partial charge on any atom is -0.508 e. The van der Waals surface area contributed by atoms with Crippen molar-refractivity contribution in [2.45, 2.75) is 19.4 Å². The van der Waals surface area contributed by atoms with Crippen molar-refractivity contribution in [1.82, 2.24) is 10.6 Å². The van der Waals surface area contributed by atoms with Crippen LogP contribution < -0.4 is 10.6 Å². The van der Waals surface area contributed by atoms with Crippen molar-refractivity contribution < 1.29 is 24.9 Å². The third kappa shape index (κ3) is 5.13. The average Bonchev–Trinajstić information content (AvgIpc) is 2.58. The summed E-state index contributed by atoms with van der Waals surface area (Å²) in [6.07, 6.45) is 0.470. The minimum atomic E-state index is -0.727. The van der Waals surface area contributed by atoms with Crippen LogP contribution in [0.5, 0.6) is 17.2 Å². The minimum absolute atomic E-state index is 0.0580. The van der Waals surface area contributed by atoms with Crippen molar-refractivity contribution in [2.75, 3.05) is 6.54 Å². The van der Waals surface area contributed by atoms with Gasteiger partial charge in [0.05, 0.1) is 0 Å². The fraction of sp³-hybridized carbons (Fsp3) is 0.222. The van der Waals surface area contributed by atoms with Crippen molar-refractivity contribution in [3.8, 4) is 17.2 Å². The number of phenolic OH excluding ortho intramolecular Hbond substituents is 3. The highest BCUT2D eigenvalue weighted by Crippen LogP contribution is 2.24. The lowest BCUT2D eigenvalue weighted by molar-refractivity contribution is -0.122. The molecule has 7 nitrogen and oxygen atoms in total. The summed E-state index contributed by atoms with van der Waals surface area (Å²) >= 11 is 0. The lowest BCUT2D eigenvalue weighted by Crippen LogP contribution is -2.45. The van der Waals surface area contributed by atoms with Crippen LogP contribution in [0.1, 0.15) is 22.8 Å². The summed E-state index contributed by atoms with van der Waals surface area (Å²) in [6, 6.07) is 9.45. The predicted molar refractivity (Wildman–Crippen MR) is 91.5 cm³/mol. The molecule has 0 aromatic heterocycles. The van der Waals surface area contributed by atoms with E-state index in [0.29, 0.717) is 18.5 Å². The zero-order valence-corrected chi connectivity index (χ0v) is 13.7. The van der Waals surface area contributed by atoms with E-state index in [-0.39, 0.29) is 23.2 Å². The van der Waals surface area contributed by atoms with E-state index < -0.39 is 11.9 Å². The van der Waals surface area contributed by atoms with Gasteiger partial charge in [-0.05, 0) is 55.3 Å². The maximum absolute atomic E-state index is 12.0. The molecule has 2 rings (SSSR count). The Labute approximate surface area is 144 Å². The quantitative estimate of drug-likeness (QED) is 0.506. The monoisotopic (exact) mass is 344 g/mol. The van der Waals surface area contributed by atoms with Gasteiger partial charge in [-0.2, -0.15) is 0 Å². The first-order chi connectivity index (χ1) is 11.9. The number of hydrogen-bond donors (Lipinski definition) is 5. The third-order valence-electron chi connectivity index (χ3n) is 3.62. The zero-order chi connectivity index (χ0) is 18.4. The van der Waals surface area contributed by atoms with E-state index in [1.165, 1.54) is 36.4 Å². The van der Waals surface area contributed by atoms with Crippen LogP contribution in [0.15, 0.2) is 42.5 Å². The molecule has 25 heavy (non-hydrogen) atoms. The molecule has 5 N–H and O–H groups in total. The Balaban J connectivity index is 1.80. The molecule has 0 unspecified atom stereocenters. The first-order valence-corrected chi connectivity index (χ1v) is 7.75. The van der Waals surface area contributed by atoms with Crippen molar-refractivity contribution in [1.29, 1.82) is 0 Å². The third-order valence-corrected chi connectivity index (χ3v) is 3.62. The SMILES string of the molecule is C[C@H](NC(=O)c1ccc(O)cc1)C(=O)NCCc1ccc(O)c(O)c1. The van der Waals surface area contributed by atoms with Crippen molar-refractivity contribution >= 4 is 11.8 Å². The zero-order valence-electron chi connectivity index (χ0n) is 13.7. The highest BCUT2D eigenvalue weighted by atomic mass is 16.3. The van der Waals surface area contributed by atoms with Gasteiger partial charge >= 0.3 is 0 Å². The van der Waals surface area contributed by atoms with Gasteiger partial charge in [0, 0.05) is 12.1 Å². The number of amides is 2. The summed E-state index contributed by atoms with van der Waals surface area (Å²) in [6.45, 7) is 1.89. The van der Waals surface area contributed by atoms with Crippen molar-refractivity contribution in [2.24, 2.45) is 0 Å². The normalized spacial score (nSPS) is 11.6. The van der Waals surface area contributed by atoms with Crippen LogP contribution in [0, 0.1) is 0 Å². The Kier molecular flexibility index (Phi) is 5.84. The van der Waals surface area contributed by atoms with Gasteiger partial charge < -0.3 is 26.0 Å². The molecule has 0 aliphatic rings. The molecule has 0 saturated heterocycles. The number of rotatable bonds is 6. The van der Waals surface area contributed by atoms with Crippen LogP contribution >= 0.6 is 0 Å². The largest absolute Gasteiger partial charge is 0.508 e. The smallest absolute Gasteiger partial charge is 0.251 e. The molecule has 2 amide bonds. The summed E-state index contributed by atoms with van der Waals surface area (Å²) in [4.78, 5) is 24.0. The number of hydrogen-bond acceptors (Lipinski definition) is 5. The number of aromatic hydroxyl groups is 3. The number of benzene rings is 2. The number of nitrogens with one attached hydrogen (secondary N) is 2. The highest BCUT2D eigenvalue weighted by Gasteiger charge is 2.16.